The van der Waals surface area contributed by atoms with Gasteiger partial charge in [-0.25, -0.2) is 0 Å². The van der Waals surface area contributed by atoms with Crippen molar-refractivity contribution in [2.24, 2.45) is 0 Å². The lowest BCUT2D eigenvalue weighted by atomic mass is 9.98. The third-order valence-corrected chi connectivity index (χ3v) is 9.23. The van der Waals surface area contributed by atoms with E-state index in [2.05, 4.69) is 0 Å². The average molecular weight is 741 g/mol. The Bertz CT molecular complexity index is 1770. The predicted molar refractivity (Wildman–Crippen MR) is 170 cm³/mol. The number of phenols is 2. The van der Waals surface area contributed by atoms with Gasteiger partial charge in [-0.05, 0) is 38.1 Å². The Morgan fingerprint density at radius 2 is 1.17 bits per heavy atom. The van der Waals surface area contributed by atoms with Crippen LogP contribution < -0.4 is 14.9 Å². The van der Waals surface area contributed by atoms with Crippen molar-refractivity contribution in [2.75, 3.05) is 6.61 Å². The molecular weight excluding hydrogens is 700 g/mol. The molecule has 11 N–H and O–H groups in total. The van der Waals surface area contributed by atoms with E-state index in [-0.39, 0.29) is 28.4 Å². The van der Waals surface area contributed by atoms with Gasteiger partial charge in [0.2, 0.25) is 23.8 Å². The van der Waals surface area contributed by atoms with Crippen molar-refractivity contribution in [3.8, 4) is 34.3 Å². The summed E-state index contributed by atoms with van der Waals surface area (Å²) in [5, 5.41) is 114. The van der Waals surface area contributed by atoms with E-state index in [9.17, 15) is 61.0 Å². The van der Waals surface area contributed by atoms with Crippen LogP contribution in [-0.2, 0) is 18.9 Å². The molecule has 0 amide bonds. The molecule has 4 heterocycles. The number of benzene rings is 2. The maximum Gasteiger partial charge on any atom is 0.239 e. The molecule has 1 aromatic heterocycles. The van der Waals surface area contributed by atoms with E-state index in [0.29, 0.717) is 0 Å². The second kappa shape index (κ2) is 15.0. The zero-order chi connectivity index (χ0) is 37.8. The zero-order valence-corrected chi connectivity index (χ0v) is 27.5. The normalized spacial score (nSPS) is 38.2. The van der Waals surface area contributed by atoms with Crippen molar-refractivity contribution in [3.63, 3.8) is 0 Å². The Kier molecular flexibility index (Phi) is 11.0. The van der Waals surface area contributed by atoms with Gasteiger partial charge in [-0.15, -0.1) is 0 Å². The van der Waals surface area contributed by atoms with E-state index in [1.807, 2.05) is 0 Å². The highest BCUT2D eigenvalue weighted by Crippen LogP contribution is 2.38. The Morgan fingerprint density at radius 1 is 0.635 bits per heavy atom. The van der Waals surface area contributed by atoms with Crippen LogP contribution in [0.4, 0.5) is 0 Å². The summed E-state index contributed by atoms with van der Waals surface area (Å²) in [5.74, 6) is -2.01. The maximum absolute atomic E-state index is 14.0. The number of aliphatic hydroxyl groups excluding tert-OH is 9. The van der Waals surface area contributed by atoms with Gasteiger partial charge < -0.3 is 89.0 Å². The quantitative estimate of drug-likeness (QED) is 0.110. The van der Waals surface area contributed by atoms with Crippen molar-refractivity contribution in [2.45, 2.75) is 106 Å². The first-order valence-corrected chi connectivity index (χ1v) is 16.2. The minimum absolute atomic E-state index is 0.138. The van der Waals surface area contributed by atoms with Gasteiger partial charge in [-0.3, -0.25) is 4.79 Å². The average Bonchev–Trinajstić information content (AvgIpc) is 3.11. The standard InChI is InChI=1S/C33H40O19/c1-10-19(36)23(40)26(43)31(47-10)46-9-17-21(38)25(42)28(45)33(51-17)52-30-22(39)18-15(35)7-14(49-32-27(44)24(41)20(37)11(2)48-32)8-16(18)50-29(30)12-3-5-13(34)6-4-12/h3-8,10-11,17,19-21,23-28,31-38,40-45H,9H2,1-2H3/t10-,11-,17-,19-,20-,21-,23-,24-,25-,26+,27-,28-,31+,32+,33-/m0/s1. The molecule has 3 saturated heterocycles. The fourth-order valence-electron chi connectivity index (χ4n) is 6.09. The van der Waals surface area contributed by atoms with E-state index in [1.165, 1.54) is 44.2 Å². The maximum atomic E-state index is 14.0. The number of ether oxygens (including phenoxy) is 6. The first-order chi connectivity index (χ1) is 24.6. The molecule has 2 aromatic carbocycles. The number of aliphatic hydroxyl groups is 9. The molecule has 3 aromatic rings. The molecule has 0 saturated carbocycles. The molecule has 6 rings (SSSR count). The van der Waals surface area contributed by atoms with Crippen molar-refractivity contribution in [3.05, 3.63) is 46.6 Å². The highest BCUT2D eigenvalue weighted by Gasteiger charge is 2.48. The van der Waals surface area contributed by atoms with Crippen LogP contribution in [0.25, 0.3) is 22.3 Å². The monoisotopic (exact) mass is 740 g/mol. The molecule has 0 bridgehead atoms. The van der Waals surface area contributed by atoms with Gasteiger partial charge in [0.25, 0.3) is 0 Å². The molecule has 3 fully saturated rings. The van der Waals surface area contributed by atoms with Gasteiger partial charge in [0.05, 0.1) is 18.8 Å². The van der Waals surface area contributed by atoms with Crippen LogP contribution in [0.1, 0.15) is 13.8 Å². The molecule has 0 radical (unpaired) electrons. The van der Waals surface area contributed by atoms with E-state index in [0.717, 1.165) is 6.07 Å². The van der Waals surface area contributed by atoms with E-state index in [4.69, 9.17) is 32.8 Å². The summed E-state index contributed by atoms with van der Waals surface area (Å²) in [7, 11) is 0. The fourth-order valence-corrected chi connectivity index (χ4v) is 6.09. The molecule has 52 heavy (non-hydrogen) atoms. The van der Waals surface area contributed by atoms with Gasteiger partial charge >= 0.3 is 0 Å². The van der Waals surface area contributed by atoms with Crippen LogP contribution in [0, 0.1) is 0 Å². The number of hydrogen-bond acceptors (Lipinski definition) is 19. The lowest BCUT2D eigenvalue weighted by Crippen LogP contribution is -2.61. The Morgan fingerprint density at radius 3 is 1.79 bits per heavy atom. The van der Waals surface area contributed by atoms with Gasteiger partial charge in [0.15, 0.2) is 12.1 Å². The fraction of sp³-hybridized carbons (Fsp3) is 0.545. The molecule has 0 spiro atoms. The zero-order valence-electron chi connectivity index (χ0n) is 27.5. The first kappa shape index (κ1) is 38.1. The van der Waals surface area contributed by atoms with Crippen LogP contribution in [0.5, 0.6) is 23.0 Å². The number of fused-ring (bicyclic) bond motifs is 1. The van der Waals surface area contributed by atoms with Crippen molar-refractivity contribution in [1.82, 2.24) is 0 Å². The molecule has 3 aliphatic heterocycles. The first-order valence-electron chi connectivity index (χ1n) is 16.2. The van der Waals surface area contributed by atoms with Gasteiger partial charge in [0, 0.05) is 17.7 Å². The summed E-state index contributed by atoms with van der Waals surface area (Å²) in [4.78, 5) is 14.0. The summed E-state index contributed by atoms with van der Waals surface area (Å²) in [5.41, 5.74) is -1.16. The van der Waals surface area contributed by atoms with Gasteiger partial charge in [-0.1, -0.05) is 0 Å². The highest BCUT2D eigenvalue weighted by atomic mass is 16.7. The summed E-state index contributed by atoms with van der Waals surface area (Å²) < 4.78 is 39.5. The van der Waals surface area contributed by atoms with E-state index in [1.54, 1.807) is 0 Å². The molecule has 286 valence electrons. The van der Waals surface area contributed by atoms with Crippen LogP contribution in [-0.4, -0.2) is 155 Å². The third-order valence-electron chi connectivity index (χ3n) is 9.23. The summed E-state index contributed by atoms with van der Waals surface area (Å²) in [6, 6.07) is 7.38. The van der Waals surface area contributed by atoms with E-state index < -0.39 is 121 Å². The predicted octanol–water partition coefficient (Wildman–Crippen LogP) is -2.89. The molecule has 19 heteroatoms. The summed E-state index contributed by atoms with van der Waals surface area (Å²) >= 11 is 0. The molecule has 3 aliphatic rings. The summed E-state index contributed by atoms with van der Waals surface area (Å²) in [6.07, 6.45) is -23.5. The second-order valence-corrected chi connectivity index (χ2v) is 12.9. The Labute approximate surface area is 293 Å². The number of hydrogen-bond donors (Lipinski definition) is 11. The molecule has 0 aliphatic carbocycles. The molecular formula is C33H40O19. The lowest BCUT2D eigenvalue weighted by Gasteiger charge is -2.42. The minimum Gasteiger partial charge on any atom is -0.508 e. The topological polar surface area (TPSA) is 308 Å². The largest absolute Gasteiger partial charge is 0.508 e. The van der Waals surface area contributed by atoms with Crippen molar-refractivity contribution >= 4 is 11.0 Å². The van der Waals surface area contributed by atoms with Crippen LogP contribution >= 0.6 is 0 Å². The van der Waals surface area contributed by atoms with Crippen LogP contribution in [0.3, 0.4) is 0 Å². The van der Waals surface area contributed by atoms with E-state index >= 15 is 0 Å². The third kappa shape index (κ3) is 7.16. The Balaban J connectivity index is 1.32. The summed E-state index contributed by atoms with van der Waals surface area (Å²) in [6.45, 7) is 2.25. The van der Waals surface area contributed by atoms with Crippen LogP contribution in [0.2, 0.25) is 0 Å². The van der Waals surface area contributed by atoms with Gasteiger partial charge in [-0.2, -0.15) is 0 Å². The second-order valence-electron chi connectivity index (χ2n) is 12.9. The number of rotatable bonds is 8. The van der Waals surface area contributed by atoms with Crippen molar-refractivity contribution in [1.29, 1.82) is 0 Å². The van der Waals surface area contributed by atoms with Gasteiger partial charge in [0.1, 0.15) is 89.3 Å². The number of aromatic hydroxyl groups is 2. The van der Waals surface area contributed by atoms with Crippen LogP contribution in [0.15, 0.2) is 45.6 Å². The van der Waals surface area contributed by atoms with Crippen molar-refractivity contribution < 1.29 is 89.0 Å². The minimum atomic E-state index is -1.98. The Hall–Kier alpha value is -3.67. The SMILES string of the molecule is C[C@@H]1O[C@H](Oc2cc(O)c3c(=O)c(O[C@@H]4O[C@@H](CO[C@@H]5O[C@@H](C)[C@H](O)[C@H](O)[C@H]5O)[C@H](O)[C@H](O)[C@@H]4O)c(-c4ccc(O)cc4)oc3c2)[C@@H](O)[C@@H](O)[C@H]1O. The lowest BCUT2D eigenvalue weighted by molar-refractivity contribution is -0.318. The molecule has 15 atom stereocenters. The number of phenolic OH excluding ortho intramolecular Hbond substituents is 2. The smallest absolute Gasteiger partial charge is 0.239 e. The molecule has 0 unspecified atom stereocenters. The highest BCUT2D eigenvalue weighted by molar-refractivity contribution is 5.88. The molecule has 19 nitrogen and oxygen atoms in total.